The number of halogens is 1. The zero-order valence-corrected chi connectivity index (χ0v) is 12.9. The van der Waals surface area contributed by atoms with Crippen LogP contribution in [0.25, 0.3) is 0 Å². The summed E-state index contributed by atoms with van der Waals surface area (Å²) >= 11 is 3.51. The van der Waals surface area contributed by atoms with Crippen LogP contribution < -0.4 is 0 Å². The molecule has 0 unspecified atom stereocenters. The summed E-state index contributed by atoms with van der Waals surface area (Å²) in [7, 11) is 0. The van der Waals surface area contributed by atoms with Crippen molar-refractivity contribution in [2.75, 3.05) is 26.3 Å². The number of ether oxygens (including phenoxy) is 1. The highest BCUT2D eigenvalue weighted by molar-refractivity contribution is 9.10. The lowest BCUT2D eigenvalue weighted by atomic mass is 9.88. The van der Waals surface area contributed by atoms with Gasteiger partial charge in [0.2, 0.25) is 0 Å². The summed E-state index contributed by atoms with van der Waals surface area (Å²) in [6.07, 6.45) is 5.06. The minimum Gasteiger partial charge on any atom is -0.381 e. The topological polar surface area (TPSA) is 12.5 Å². The molecular formula is C16H22BrNO. The molecule has 2 heterocycles. The van der Waals surface area contributed by atoms with E-state index in [1.165, 1.54) is 48.8 Å². The highest BCUT2D eigenvalue weighted by atomic mass is 79.9. The SMILES string of the molecule is Brc1ccc(C2CCN(C3CCOCC3)CC2)cc1. The Morgan fingerprint density at radius 3 is 2.21 bits per heavy atom. The first-order chi connectivity index (χ1) is 9.33. The third-order valence-corrected chi connectivity index (χ3v) is 5.11. The number of hydrogen-bond donors (Lipinski definition) is 0. The average molecular weight is 324 g/mol. The number of likely N-dealkylation sites (tertiary alicyclic amines) is 1. The van der Waals surface area contributed by atoms with Crippen molar-refractivity contribution in [3.05, 3.63) is 34.3 Å². The van der Waals surface area contributed by atoms with Gasteiger partial charge in [-0.1, -0.05) is 28.1 Å². The van der Waals surface area contributed by atoms with Crippen molar-refractivity contribution in [3.63, 3.8) is 0 Å². The Kier molecular flexibility index (Phi) is 4.57. The molecule has 1 aromatic rings. The Hall–Kier alpha value is -0.380. The lowest BCUT2D eigenvalue weighted by Gasteiger charge is -2.39. The van der Waals surface area contributed by atoms with Gasteiger partial charge in [-0.3, -0.25) is 0 Å². The first-order valence-electron chi connectivity index (χ1n) is 7.40. The van der Waals surface area contributed by atoms with E-state index in [1.54, 1.807) is 0 Å². The molecule has 3 heteroatoms. The van der Waals surface area contributed by atoms with E-state index in [1.807, 2.05) is 0 Å². The quantitative estimate of drug-likeness (QED) is 0.820. The Bertz CT molecular complexity index is 392. The minimum atomic E-state index is 0.754. The Morgan fingerprint density at radius 2 is 1.58 bits per heavy atom. The van der Waals surface area contributed by atoms with Crippen LogP contribution in [0, 0.1) is 0 Å². The molecule has 2 aliphatic heterocycles. The second-order valence-corrected chi connectivity index (χ2v) is 6.62. The standard InChI is InChI=1S/C16H22BrNO/c17-15-3-1-13(2-4-15)14-5-9-18(10-6-14)16-7-11-19-12-8-16/h1-4,14,16H,5-12H2. The zero-order chi connectivity index (χ0) is 13.1. The van der Waals surface area contributed by atoms with Gasteiger partial charge in [-0.25, -0.2) is 0 Å². The van der Waals surface area contributed by atoms with Gasteiger partial charge in [-0.2, -0.15) is 0 Å². The van der Waals surface area contributed by atoms with Gasteiger partial charge in [0.15, 0.2) is 0 Å². The normalized spacial score (nSPS) is 23.6. The van der Waals surface area contributed by atoms with Crippen molar-refractivity contribution in [2.45, 2.75) is 37.6 Å². The van der Waals surface area contributed by atoms with Crippen LogP contribution in [-0.4, -0.2) is 37.2 Å². The lowest BCUT2D eigenvalue weighted by Crippen LogP contribution is -2.43. The Labute approximate surface area is 124 Å². The van der Waals surface area contributed by atoms with Crippen LogP contribution in [-0.2, 0) is 4.74 Å². The number of piperidine rings is 1. The summed E-state index contributed by atoms with van der Waals surface area (Å²) in [5.41, 5.74) is 1.51. The highest BCUT2D eigenvalue weighted by Crippen LogP contribution is 2.30. The molecule has 0 atom stereocenters. The van der Waals surface area contributed by atoms with Crippen LogP contribution in [0.4, 0.5) is 0 Å². The van der Waals surface area contributed by atoms with E-state index in [-0.39, 0.29) is 0 Å². The monoisotopic (exact) mass is 323 g/mol. The van der Waals surface area contributed by atoms with Crippen molar-refractivity contribution in [2.24, 2.45) is 0 Å². The molecule has 0 spiro atoms. The highest BCUT2D eigenvalue weighted by Gasteiger charge is 2.26. The molecule has 2 fully saturated rings. The van der Waals surface area contributed by atoms with Crippen LogP contribution in [0.2, 0.25) is 0 Å². The maximum Gasteiger partial charge on any atom is 0.0480 e. The molecule has 0 aromatic heterocycles. The van der Waals surface area contributed by atoms with Crippen LogP contribution in [0.15, 0.2) is 28.7 Å². The summed E-state index contributed by atoms with van der Waals surface area (Å²) in [6, 6.07) is 9.66. The number of rotatable bonds is 2. The molecule has 3 rings (SSSR count). The number of benzene rings is 1. The van der Waals surface area contributed by atoms with Crippen molar-refractivity contribution in [1.82, 2.24) is 4.90 Å². The van der Waals surface area contributed by atoms with Gasteiger partial charge in [0.25, 0.3) is 0 Å². The summed E-state index contributed by atoms with van der Waals surface area (Å²) < 4.78 is 6.64. The van der Waals surface area contributed by atoms with E-state index in [0.717, 1.165) is 25.2 Å². The molecule has 0 saturated carbocycles. The second-order valence-electron chi connectivity index (χ2n) is 5.71. The van der Waals surface area contributed by atoms with Gasteiger partial charge in [0, 0.05) is 23.7 Å². The molecule has 0 radical (unpaired) electrons. The zero-order valence-electron chi connectivity index (χ0n) is 11.4. The fraction of sp³-hybridized carbons (Fsp3) is 0.625. The first kappa shape index (κ1) is 13.6. The van der Waals surface area contributed by atoms with Gasteiger partial charge >= 0.3 is 0 Å². The van der Waals surface area contributed by atoms with Crippen LogP contribution in [0.5, 0.6) is 0 Å². The third-order valence-electron chi connectivity index (χ3n) is 4.58. The average Bonchev–Trinajstić information content (AvgIpc) is 2.49. The molecule has 1 aromatic carbocycles. The maximum absolute atomic E-state index is 5.46. The predicted molar refractivity (Wildman–Crippen MR) is 81.5 cm³/mol. The third kappa shape index (κ3) is 3.39. The molecule has 19 heavy (non-hydrogen) atoms. The molecule has 2 saturated heterocycles. The van der Waals surface area contributed by atoms with E-state index in [4.69, 9.17) is 4.74 Å². The Balaban J connectivity index is 1.55. The van der Waals surface area contributed by atoms with Crippen molar-refractivity contribution in [1.29, 1.82) is 0 Å². The summed E-state index contributed by atoms with van der Waals surface area (Å²) in [5.74, 6) is 0.754. The maximum atomic E-state index is 5.46. The van der Waals surface area contributed by atoms with Crippen LogP contribution >= 0.6 is 15.9 Å². The van der Waals surface area contributed by atoms with Crippen molar-refractivity contribution >= 4 is 15.9 Å². The lowest BCUT2D eigenvalue weighted by molar-refractivity contribution is 0.0252. The molecule has 104 valence electrons. The number of hydrogen-bond acceptors (Lipinski definition) is 2. The largest absolute Gasteiger partial charge is 0.381 e. The Morgan fingerprint density at radius 1 is 0.947 bits per heavy atom. The molecule has 0 N–H and O–H groups in total. The van der Waals surface area contributed by atoms with E-state index in [9.17, 15) is 0 Å². The van der Waals surface area contributed by atoms with Gasteiger partial charge in [0.05, 0.1) is 0 Å². The summed E-state index contributed by atoms with van der Waals surface area (Å²) in [6.45, 7) is 4.42. The molecule has 2 nitrogen and oxygen atoms in total. The van der Waals surface area contributed by atoms with E-state index < -0.39 is 0 Å². The van der Waals surface area contributed by atoms with Gasteiger partial charge in [-0.15, -0.1) is 0 Å². The fourth-order valence-corrected chi connectivity index (χ4v) is 3.65. The smallest absolute Gasteiger partial charge is 0.0480 e. The van der Waals surface area contributed by atoms with Gasteiger partial charge < -0.3 is 9.64 Å². The molecule has 0 aliphatic carbocycles. The predicted octanol–water partition coefficient (Wildman–Crippen LogP) is 3.81. The van der Waals surface area contributed by atoms with E-state index >= 15 is 0 Å². The van der Waals surface area contributed by atoms with E-state index in [2.05, 4.69) is 45.1 Å². The van der Waals surface area contributed by atoms with E-state index in [0.29, 0.717) is 0 Å². The number of nitrogens with zero attached hydrogens (tertiary/aromatic N) is 1. The molecule has 2 aliphatic rings. The molecule has 0 bridgehead atoms. The fourth-order valence-electron chi connectivity index (χ4n) is 3.38. The van der Waals surface area contributed by atoms with Crippen LogP contribution in [0.1, 0.15) is 37.2 Å². The molecular weight excluding hydrogens is 302 g/mol. The van der Waals surface area contributed by atoms with Gasteiger partial charge in [-0.05, 0) is 62.4 Å². The van der Waals surface area contributed by atoms with Gasteiger partial charge in [0.1, 0.15) is 0 Å². The first-order valence-corrected chi connectivity index (χ1v) is 8.19. The summed E-state index contributed by atoms with van der Waals surface area (Å²) in [5, 5.41) is 0. The van der Waals surface area contributed by atoms with Crippen molar-refractivity contribution in [3.8, 4) is 0 Å². The minimum absolute atomic E-state index is 0.754. The second kappa shape index (κ2) is 6.38. The summed E-state index contributed by atoms with van der Waals surface area (Å²) in [4.78, 5) is 2.69. The molecule has 0 amide bonds. The van der Waals surface area contributed by atoms with Crippen molar-refractivity contribution < 1.29 is 4.74 Å². The van der Waals surface area contributed by atoms with Crippen LogP contribution in [0.3, 0.4) is 0 Å².